The molecule has 2 aromatic carbocycles. The molecule has 0 saturated heterocycles. The van der Waals surface area contributed by atoms with Crippen molar-refractivity contribution in [1.29, 1.82) is 0 Å². The first-order valence-corrected chi connectivity index (χ1v) is 7.55. The summed E-state index contributed by atoms with van der Waals surface area (Å²) in [7, 11) is 0. The van der Waals surface area contributed by atoms with Crippen LogP contribution in [0.1, 0.15) is 17.9 Å². The molecule has 1 amide bonds. The predicted molar refractivity (Wildman–Crippen MR) is 87.8 cm³/mol. The second-order valence-corrected chi connectivity index (χ2v) is 5.42. The van der Waals surface area contributed by atoms with Crippen LogP contribution in [0.3, 0.4) is 0 Å². The molecular formula is C18H16FN3O2. The molecule has 0 aliphatic rings. The molecule has 0 fully saturated rings. The first kappa shape index (κ1) is 15.9. The topological polar surface area (TPSA) is 68.0 Å². The highest BCUT2D eigenvalue weighted by Gasteiger charge is 2.11. The summed E-state index contributed by atoms with van der Waals surface area (Å²) < 4.78 is 18.4. The largest absolute Gasteiger partial charge is 0.421 e. The van der Waals surface area contributed by atoms with Crippen LogP contribution in [0.2, 0.25) is 0 Å². The van der Waals surface area contributed by atoms with Crippen molar-refractivity contribution in [2.75, 3.05) is 5.32 Å². The third-order valence-electron chi connectivity index (χ3n) is 3.46. The number of carbonyl (C=O) groups is 1. The fourth-order valence-corrected chi connectivity index (χ4v) is 2.14. The van der Waals surface area contributed by atoms with Gasteiger partial charge in [-0.1, -0.05) is 17.7 Å². The number of nitrogens with zero attached hydrogens (tertiary/aromatic N) is 2. The molecule has 3 rings (SSSR count). The lowest BCUT2D eigenvalue weighted by atomic mass is 10.2. The Balaban J connectivity index is 1.56. The maximum absolute atomic E-state index is 12.9. The minimum absolute atomic E-state index is 0.125. The van der Waals surface area contributed by atoms with E-state index in [2.05, 4.69) is 15.5 Å². The molecule has 24 heavy (non-hydrogen) atoms. The number of benzene rings is 2. The highest BCUT2D eigenvalue weighted by molar-refractivity contribution is 5.90. The summed E-state index contributed by atoms with van der Waals surface area (Å²) in [5.74, 6) is 0.226. The molecule has 3 aromatic rings. The van der Waals surface area contributed by atoms with E-state index >= 15 is 0 Å². The van der Waals surface area contributed by atoms with Crippen molar-refractivity contribution in [1.82, 2.24) is 10.2 Å². The van der Waals surface area contributed by atoms with Crippen molar-refractivity contribution < 1.29 is 13.6 Å². The highest BCUT2D eigenvalue weighted by atomic mass is 19.1. The molecule has 0 bridgehead atoms. The third-order valence-corrected chi connectivity index (χ3v) is 3.46. The minimum atomic E-state index is -0.328. The predicted octanol–water partition coefficient (Wildman–Crippen LogP) is 3.76. The molecule has 122 valence electrons. The van der Waals surface area contributed by atoms with Crippen LogP contribution in [-0.4, -0.2) is 16.1 Å². The molecule has 6 heteroatoms. The van der Waals surface area contributed by atoms with Crippen LogP contribution in [0.4, 0.5) is 10.1 Å². The summed E-state index contributed by atoms with van der Waals surface area (Å²) in [6.07, 6.45) is 0.574. The van der Waals surface area contributed by atoms with Gasteiger partial charge in [0, 0.05) is 24.1 Å². The Bertz CT molecular complexity index is 826. The maximum atomic E-state index is 12.9. The van der Waals surface area contributed by atoms with Gasteiger partial charge in [-0.15, -0.1) is 10.2 Å². The molecule has 0 spiro atoms. The first-order chi connectivity index (χ1) is 11.6. The number of amides is 1. The van der Waals surface area contributed by atoms with Crippen molar-refractivity contribution in [3.8, 4) is 11.5 Å². The van der Waals surface area contributed by atoms with E-state index in [4.69, 9.17) is 4.42 Å². The van der Waals surface area contributed by atoms with Gasteiger partial charge >= 0.3 is 0 Å². The lowest BCUT2D eigenvalue weighted by Crippen LogP contribution is -2.12. The van der Waals surface area contributed by atoms with Gasteiger partial charge < -0.3 is 9.73 Å². The van der Waals surface area contributed by atoms with E-state index in [0.717, 1.165) is 11.3 Å². The van der Waals surface area contributed by atoms with E-state index in [-0.39, 0.29) is 18.1 Å². The Morgan fingerprint density at radius 2 is 1.79 bits per heavy atom. The lowest BCUT2D eigenvalue weighted by Gasteiger charge is -2.04. The molecule has 0 aliphatic carbocycles. The molecule has 0 atom stereocenters. The average molecular weight is 325 g/mol. The SMILES string of the molecule is Cc1ccc(NC(=O)CCc2nnc(-c3ccc(F)cc3)o2)cc1. The number of anilines is 1. The van der Waals surface area contributed by atoms with Gasteiger partial charge in [0.15, 0.2) is 0 Å². The molecule has 0 radical (unpaired) electrons. The Hall–Kier alpha value is -3.02. The van der Waals surface area contributed by atoms with Gasteiger partial charge in [0.1, 0.15) is 5.82 Å². The van der Waals surface area contributed by atoms with Crippen LogP contribution >= 0.6 is 0 Å². The van der Waals surface area contributed by atoms with Gasteiger partial charge in [0.25, 0.3) is 0 Å². The van der Waals surface area contributed by atoms with E-state index in [1.54, 1.807) is 12.1 Å². The molecule has 0 aliphatic heterocycles. The Labute approximate surface area is 138 Å². The zero-order valence-corrected chi connectivity index (χ0v) is 13.1. The fraction of sp³-hybridized carbons (Fsp3) is 0.167. The van der Waals surface area contributed by atoms with E-state index in [1.807, 2.05) is 31.2 Å². The van der Waals surface area contributed by atoms with Crippen molar-refractivity contribution in [2.24, 2.45) is 0 Å². The molecule has 0 saturated carbocycles. The molecule has 1 N–H and O–H groups in total. The Morgan fingerprint density at radius 1 is 1.08 bits per heavy atom. The quantitative estimate of drug-likeness (QED) is 0.775. The minimum Gasteiger partial charge on any atom is -0.421 e. The molecule has 1 aromatic heterocycles. The fourth-order valence-electron chi connectivity index (χ4n) is 2.14. The number of hydrogen-bond donors (Lipinski definition) is 1. The normalized spacial score (nSPS) is 10.6. The van der Waals surface area contributed by atoms with E-state index < -0.39 is 0 Å². The molecular weight excluding hydrogens is 309 g/mol. The number of halogens is 1. The molecule has 1 heterocycles. The van der Waals surface area contributed by atoms with Gasteiger partial charge in [-0.25, -0.2) is 4.39 Å². The van der Waals surface area contributed by atoms with Gasteiger partial charge in [0.05, 0.1) is 0 Å². The summed E-state index contributed by atoms with van der Waals surface area (Å²) >= 11 is 0. The number of hydrogen-bond acceptors (Lipinski definition) is 4. The van der Waals surface area contributed by atoms with E-state index in [9.17, 15) is 9.18 Å². The van der Waals surface area contributed by atoms with Crippen LogP contribution in [-0.2, 0) is 11.2 Å². The number of carbonyl (C=O) groups excluding carboxylic acids is 1. The number of aromatic nitrogens is 2. The molecule has 5 nitrogen and oxygen atoms in total. The second kappa shape index (κ2) is 7.04. The lowest BCUT2D eigenvalue weighted by molar-refractivity contribution is -0.116. The van der Waals surface area contributed by atoms with Crippen LogP contribution in [0.25, 0.3) is 11.5 Å². The van der Waals surface area contributed by atoms with Crippen LogP contribution < -0.4 is 5.32 Å². The summed E-state index contributed by atoms with van der Waals surface area (Å²) in [5.41, 5.74) is 2.52. The first-order valence-electron chi connectivity index (χ1n) is 7.55. The van der Waals surface area contributed by atoms with Crippen LogP contribution in [0.15, 0.2) is 52.9 Å². The highest BCUT2D eigenvalue weighted by Crippen LogP contribution is 2.18. The van der Waals surface area contributed by atoms with E-state index in [0.29, 0.717) is 23.8 Å². The molecule has 0 unspecified atom stereocenters. The number of nitrogens with one attached hydrogen (secondary N) is 1. The summed E-state index contributed by atoms with van der Waals surface area (Å²) in [6.45, 7) is 1.99. The van der Waals surface area contributed by atoms with Crippen molar-refractivity contribution in [3.05, 3.63) is 65.8 Å². The van der Waals surface area contributed by atoms with Gasteiger partial charge in [-0.3, -0.25) is 4.79 Å². The van der Waals surface area contributed by atoms with Crippen LogP contribution in [0, 0.1) is 12.7 Å². The van der Waals surface area contributed by atoms with Gasteiger partial charge in [-0.05, 0) is 43.3 Å². The van der Waals surface area contributed by atoms with Crippen molar-refractivity contribution in [2.45, 2.75) is 19.8 Å². The van der Waals surface area contributed by atoms with Crippen LogP contribution in [0.5, 0.6) is 0 Å². The van der Waals surface area contributed by atoms with Gasteiger partial charge in [-0.2, -0.15) is 0 Å². The zero-order valence-electron chi connectivity index (χ0n) is 13.1. The smallest absolute Gasteiger partial charge is 0.247 e. The van der Waals surface area contributed by atoms with Gasteiger partial charge in [0.2, 0.25) is 17.7 Å². The third kappa shape index (κ3) is 4.04. The second-order valence-electron chi connectivity index (χ2n) is 5.42. The van der Waals surface area contributed by atoms with E-state index in [1.165, 1.54) is 12.1 Å². The average Bonchev–Trinajstić information content (AvgIpc) is 3.05. The van der Waals surface area contributed by atoms with Crippen molar-refractivity contribution >= 4 is 11.6 Å². The summed E-state index contributed by atoms with van der Waals surface area (Å²) in [5, 5.41) is 10.6. The summed E-state index contributed by atoms with van der Waals surface area (Å²) in [4.78, 5) is 11.9. The maximum Gasteiger partial charge on any atom is 0.247 e. The zero-order chi connectivity index (χ0) is 16.9. The number of aryl methyl sites for hydroxylation is 2. The monoisotopic (exact) mass is 325 g/mol. The summed E-state index contributed by atoms with van der Waals surface area (Å²) in [6, 6.07) is 13.4. The Morgan fingerprint density at radius 3 is 2.50 bits per heavy atom. The van der Waals surface area contributed by atoms with Crippen molar-refractivity contribution in [3.63, 3.8) is 0 Å². The standard InChI is InChI=1S/C18H16FN3O2/c1-12-2-8-15(9-3-12)20-16(23)10-11-17-21-22-18(24-17)13-4-6-14(19)7-5-13/h2-9H,10-11H2,1H3,(H,20,23). The Kier molecular flexibility index (Phi) is 4.65. The number of rotatable bonds is 5.